The predicted molar refractivity (Wildman–Crippen MR) is 124 cm³/mol. The zero-order chi connectivity index (χ0) is 22.5. The Morgan fingerprint density at radius 1 is 1.06 bits per heavy atom. The number of ether oxygens (including phenoxy) is 1. The number of hydrogen-bond donors (Lipinski definition) is 3. The van der Waals surface area contributed by atoms with Crippen molar-refractivity contribution >= 4 is 17.6 Å². The van der Waals surface area contributed by atoms with Crippen LogP contribution in [0.15, 0.2) is 24.3 Å². The van der Waals surface area contributed by atoms with Gasteiger partial charge in [0.05, 0.1) is 7.11 Å². The summed E-state index contributed by atoms with van der Waals surface area (Å²) in [6.07, 6.45) is 8.60. The molecule has 7 atom stereocenters. The van der Waals surface area contributed by atoms with Crippen molar-refractivity contribution in [3.05, 3.63) is 24.3 Å². The van der Waals surface area contributed by atoms with Crippen LogP contribution in [0.1, 0.15) is 65.2 Å². The van der Waals surface area contributed by atoms with Gasteiger partial charge < -0.3 is 20.7 Å². The molecule has 3 aliphatic carbocycles. The molecule has 3 saturated carbocycles. The Labute approximate surface area is 191 Å². The summed E-state index contributed by atoms with van der Waals surface area (Å²) < 4.78 is 5.26. The van der Waals surface area contributed by atoms with E-state index in [0.717, 1.165) is 37.1 Å². The van der Waals surface area contributed by atoms with Gasteiger partial charge in [-0.05, 0) is 85.7 Å². The van der Waals surface area contributed by atoms with Crippen LogP contribution in [0.4, 0.5) is 10.5 Å². The van der Waals surface area contributed by atoms with E-state index >= 15 is 0 Å². The average molecular weight is 440 g/mol. The SMILES string of the molecule is COc1cccc(NC(=O)NC2CC[C@H]3[C@@H]4CCC5NC(=O)CC[C@]5(C)[C@@H]4CC[C@]23C)c1. The number of amides is 3. The lowest BCUT2D eigenvalue weighted by Crippen LogP contribution is -2.61. The molecule has 3 amide bonds. The molecule has 0 bridgehead atoms. The van der Waals surface area contributed by atoms with Crippen LogP contribution in [0, 0.1) is 28.6 Å². The normalized spacial score (nSPS) is 40.3. The Morgan fingerprint density at radius 2 is 1.88 bits per heavy atom. The topological polar surface area (TPSA) is 79.5 Å². The lowest BCUT2D eigenvalue weighted by molar-refractivity contribution is -0.136. The maximum Gasteiger partial charge on any atom is 0.319 e. The number of anilines is 1. The van der Waals surface area contributed by atoms with E-state index in [4.69, 9.17) is 4.74 Å². The third-order valence-corrected chi connectivity index (χ3v) is 9.73. The highest BCUT2D eigenvalue weighted by molar-refractivity contribution is 5.89. The number of benzene rings is 1. The van der Waals surface area contributed by atoms with Gasteiger partial charge in [-0.3, -0.25) is 4.79 Å². The smallest absolute Gasteiger partial charge is 0.319 e. The molecule has 32 heavy (non-hydrogen) atoms. The fourth-order valence-electron chi connectivity index (χ4n) is 7.97. The summed E-state index contributed by atoms with van der Waals surface area (Å²) in [4.78, 5) is 24.8. The molecule has 4 aliphatic rings. The first-order chi connectivity index (χ1) is 15.3. The van der Waals surface area contributed by atoms with E-state index in [1.165, 1.54) is 19.3 Å². The molecule has 1 aliphatic heterocycles. The van der Waals surface area contributed by atoms with Crippen LogP contribution in [0.25, 0.3) is 0 Å². The van der Waals surface area contributed by atoms with Crippen molar-refractivity contribution in [2.24, 2.45) is 28.6 Å². The van der Waals surface area contributed by atoms with Crippen molar-refractivity contribution in [2.75, 3.05) is 12.4 Å². The molecule has 1 aromatic carbocycles. The summed E-state index contributed by atoms with van der Waals surface area (Å²) in [5.41, 5.74) is 1.12. The van der Waals surface area contributed by atoms with E-state index in [1.54, 1.807) is 7.11 Å². The van der Waals surface area contributed by atoms with Crippen LogP contribution in [0.5, 0.6) is 5.75 Å². The summed E-state index contributed by atoms with van der Waals surface area (Å²) in [5.74, 6) is 3.01. The Hall–Kier alpha value is -2.24. The van der Waals surface area contributed by atoms with Crippen molar-refractivity contribution in [2.45, 2.75) is 77.3 Å². The largest absolute Gasteiger partial charge is 0.497 e. The number of carbonyl (C=O) groups is 2. The van der Waals surface area contributed by atoms with E-state index < -0.39 is 0 Å². The third-order valence-electron chi connectivity index (χ3n) is 9.73. The van der Waals surface area contributed by atoms with Crippen LogP contribution in [0.2, 0.25) is 0 Å². The molecule has 4 fully saturated rings. The molecule has 1 aromatic rings. The molecular weight excluding hydrogens is 402 g/mol. The fraction of sp³-hybridized carbons (Fsp3) is 0.692. The zero-order valence-electron chi connectivity index (χ0n) is 19.6. The van der Waals surface area contributed by atoms with Crippen molar-refractivity contribution in [3.8, 4) is 5.75 Å². The standard InChI is InChI=1S/C26H37N3O3/c1-25-13-11-20-18(7-9-21-26(20,2)14-12-23(30)28-21)19(25)8-10-22(25)29-24(31)27-16-5-4-6-17(15-16)32-3/h4-6,15,18-22H,7-14H2,1-3H3,(H,28,30)(H2,27,29,31)/t18-,19-,20+,21?,22?,25-,26+/m0/s1. The number of piperidine rings is 1. The maximum atomic E-state index is 12.8. The van der Waals surface area contributed by atoms with E-state index in [2.05, 4.69) is 29.8 Å². The molecule has 0 aromatic heterocycles. The molecule has 6 heteroatoms. The first-order valence-corrected chi connectivity index (χ1v) is 12.3. The van der Waals surface area contributed by atoms with Crippen LogP contribution < -0.4 is 20.7 Å². The highest BCUT2D eigenvalue weighted by atomic mass is 16.5. The second kappa shape index (κ2) is 7.96. The molecule has 174 valence electrons. The van der Waals surface area contributed by atoms with Gasteiger partial charge in [0.2, 0.25) is 5.91 Å². The van der Waals surface area contributed by atoms with Crippen molar-refractivity contribution in [1.29, 1.82) is 0 Å². The summed E-state index contributed by atoms with van der Waals surface area (Å²) >= 11 is 0. The van der Waals surface area contributed by atoms with Crippen LogP contribution in [0.3, 0.4) is 0 Å². The molecule has 0 radical (unpaired) electrons. The Kier molecular flexibility index (Phi) is 5.37. The number of methoxy groups -OCH3 is 1. The highest BCUT2D eigenvalue weighted by Crippen LogP contribution is 2.63. The molecule has 0 spiro atoms. The van der Waals surface area contributed by atoms with Crippen LogP contribution in [-0.4, -0.2) is 31.1 Å². The van der Waals surface area contributed by atoms with Crippen molar-refractivity contribution < 1.29 is 14.3 Å². The second-order valence-electron chi connectivity index (χ2n) is 11.1. The minimum atomic E-state index is -0.127. The van der Waals surface area contributed by atoms with E-state index in [9.17, 15) is 9.59 Å². The molecule has 1 heterocycles. The molecule has 1 saturated heterocycles. The monoisotopic (exact) mass is 439 g/mol. The molecule has 2 unspecified atom stereocenters. The number of nitrogens with one attached hydrogen (secondary N) is 3. The predicted octanol–water partition coefficient (Wildman–Crippen LogP) is 4.71. The van der Waals surface area contributed by atoms with Gasteiger partial charge in [-0.1, -0.05) is 19.9 Å². The third kappa shape index (κ3) is 3.46. The van der Waals surface area contributed by atoms with E-state index in [0.29, 0.717) is 30.2 Å². The number of rotatable bonds is 3. The molecule has 5 rings (SSSR count). The van der Waals surface area contributed by atoms with Crippen LogP contribution >= 0.6 is 0 Å². The summed E-state index contributed by atoms with van der Waals surface area (Å²) in [7, 11) is 1.63. The van der Waals surface area contributed by atoms with E-state index in [1.807, 2.05) is 24.3 Å². The summed E-state index contributed by atoms with van der Waals surface area (Å²) in [6.45, 7) is 4.84. The Balaban J connectivity index is 1.27. The van der Waals surface area contributed by atoms with Gasteiger partial charge in [-0.2, -0.15) is 0 Å². The van der Waals surface area contributed by atoms with Gasteiger partial charge in [-0.25, -0.2) is 4.79 Å². The second-order valence-corrected chi connectivity index (χ2v) is 11.1. The lowest BCUT2D eigenvalue weighted by atomic mass is 9.47. The molecular formula is C26H37N3O3. The lowest BCUT2D eigenvalue weighted by Gasteiger charge is -2.60. The van der Waals surface area contributed by atoms with E-state index in [-0.39, 0.29) is 28.8 Å². The Morgan fingerprint density at radius 3 is 2.69 bits per heavy atom. The first kappa shape index (κ1) is 21.6. The fourth-order valence-corrected chi connectivity index (χ4v) is 7.97. The van der Waals surface area contributed by atoms with Gasteiger partial charge >= 0.3 is 6.03 Å². The van der Waals surface area contributed by atoms with Gasteiger partial charge in [0, 0.05) is 30.3 Å². The molecule has 3 N–H and O–H groups in total. The quantitative estimate of drug-likeness (QED) is 0.638. The number of hydrogen-bond acceptors (Lipinski definition) is 3. The number of carbonyl (C=O) groups excluding carboxylic acids is 2. The zero-order valence-corrected chi connectivity index (χ0v) is 19.6. The highest BCUT2D eigenvalue weighted by Gasteiger charge is 2.60. The average Bonchev–Trinajstić information content (AvgIpc) is 3.10. The summed E-state index contributed by atoms with van der Waals surface area (Å²) in [6, 6.07) is 7.90. The van der Waals surface area contributed by atoms with Gasteiger partial charge in [-0.15, -0.1) is 0 Å². The minimum Gasteiger partial charge on any atom is -0.497 e. The number of urea groups is 1. The van der Waals surface area contributed by atoms with Crippen LogP contribution in [-0.2, 0) is 4.79 Å². The van der Waals surface area contributed by atoms with Crippen molar-refractivity contribution in [1.82, 2.24) is 10.6 Å². The first-order valence-electron chi connectivity index (χ1n) is 12.3. The van der Waals surface area contributed by atoms with Gasteiger partial charge in [0.1, 0.15) is 5.75 Å². The van der Waals surface area contributed by atoms with Gasteiger partial charge in [0.25, 0.3) is 0 Å². The van der Waals surface area contributed by atoms with Gasteiger partial charge in [0.15, 0.2) is 0 Å². The minimum absolute atomic E-state index is 0.127. The maximum absolute atomic E-state index is 12.8. The molecule has 6 nitrogen and oxygen atoms in total. The summed E-state index contributed by atoms with van der Waals surface area (Å²) in [5, 5.41) is 9.63. The Bertz CT molecular complexity index is 904. The van der Waals surface area contributed by atoms with Crippen molar-refractivity contribution in [3.63, 3.8) is 0 Å². The number of fused-ring (bicyclic) bond motifs is 5.